The van der Waals surface area contributed by atoms with Crippen LogP contribution in [-0.2, 0) is 0 Å². The Morgan fingerprint density at radius 2 is 2.06 bits per heavy atom. The number of rotatable bonds is 1. The Hall–Kier alpha value is -2.37. The predicted molar refractivity (Wildman–Crippen MR) is 56.5 cm³/mol. The quantitative estimate of drug-likeness (QED) is 0.564. The Morgan fingerprint density at radius 1 is 1.38 bits per heavy atom. The fourth-order valence-corrected chi connectivity index (χ4v) is 1.51. The Bertz CT molecular complexity index is 595. The van der Waals surface area contributed by atoms with Gasteiger partial charge in [-0.15, -0.1) is 0 Å². The van der Waals surface area contributed by atoms with Crippen molar-refractivity contribution in [1.29, 1.82) is 0 Å². The van der Waals surface area contributed by atoms with Gasteiger partial charge in [-0.25, -0.2) is 4.98 Å². The highest BCUT2D eigenvalue weighted by Gasteiger charge is 2.24. The van der Waals surface area contributed by atoms with Crippen molar-refractivity contribution in [2.24, 2.45) is 0 Å². The molecule has 0 aliphatic carbocycles. The number of aromatic hydroxyl groups is 2. The second-order valence-electron chi connectivity index (χ2n) is 3.41. The molecular formula is C10H8N2O4. The molecule has 0 saturated heterocycles. The molecule has 6 nitrogen and oxygen atoms in total. The monoisotopic (exact) mass is 220 g/mol. The Labute approximate surface area is 89.9 Å². The molecule has 0 fully saturated rings. The summed E-state index contributed by atoms with van der Waals surface area (Å²) in [5.41, 5.74) is 0.383. The summed E-state index contributed by atoms with van der Waals surface area (Å²) < 4.78 is 0. The molecule has 0 amide bonds. The van der Waals surface area contributed by atoms with Crippen molar-refractivity contribution < 1.29 is 15.1 Å². The lowest BCUT2D eigenvalue weighted by Crippen LogP contribution is -1.93. The summed E-state index contributed by atoms with van der Waals surface area (Å²) in [6, 6.07) is 4.89. The van der Waals surface area contributed by atoms with Crippen LogP contribution in [0.1, 0.15) is 5.56 Å². The van der Waals surface area contributed by atoms with Crippen molar-refractivity contribution in [3.63, 3.8) is 0 Å². The van der Waals surface area contributed by atoms with Crippen LogP contribution < -0.4 is 0 Å². The van der Waals surface area contributed by atoms with Gasteiger partial charge in [0.2, 0.25) is 5.75 Å². The number of aryl methyl sites for hydroxylation is 1. The second-order valence-corrected chi connectivity index (χ2v) is 3.41. The largest absolute Gasteiger partial charge is 0.501 e. The number of nitro groups is 1. The van der Waals surface area contributed by atoms with Crippen molar-refractivity contribution in [3.05, 3.63) is 33.9 Å². The van der Waals surface area contributed by atoms with E-state index >= 15 is 0 Å². The number of benzene rings is 1. The van der Waals surface area contributed by atoms with Crippen molar-refractivity contribution in [1.82, 2.24) is 4.98 Å². The van der Waals surface area contributed by atoms with Gasteiger partial charge in [0.1, 0.15) is 0 Å². The van der Waals surface area contributed by atoms with Crippen LogP contribution >= 0.6 is 0 Å². The number of hydrogen-bond acceptors (Lipinski definition) is 5. The SMILES string of the molecule is Cc1ccc2nc(O)c([N+](=O)[O-])c(O)c2c1. The van der Waals surface area contributed by atoms with Gasteiger partial charge in [0.15, 0.2) is 0 Å². The number of aromatic nitrogens is 1. The molecule has 2 aromatic rings. The number of nitrogens with zero attached hydrogens (tertiary/aromatic N) is 2. The summed E-state index contributed by atoms with van der Waals surface area (Å²) in [7, 11) is 0. The van der Waals surface area contributed by atoms with Gasteiger partial charge in [0.25, 0.3) is 5.88 Å². The summed E-state index contributed by atoms with van der Waals surface area (Å²) in [6.45, 7) is 1.79. The van der Waals surface area contributed by atoms with Gasteiger partial charge in [-0.2, -0.15) is 0 Å². The van der Waals surface area contributed by atoms with Gasteiger partial charge in [0, 0.05) is 5.39 Å². The molecule has 82 valence electrons. The average Bonchev–Trinajstić information content (AvgIpc) is 2.19. The number of hydrogen-bond donors (Lipinski definition) is 2. The molecule has 16 heavy (non-hydrogen) atoms. The van der Waals surface area contributed by atoms with E-state index in [4.69, 9.17) is 0 Å². The highest BCUT2D eigenvalue weighted by Crippen LogP contribution is 2.39. The van der Waals surface area contributed by atoms with Crippen molar-refractivity contribution in [2.45, 2.75) is 6.92 Å². The highest BCUT2D eigenvalue weighted by atomic mass is 16.6. The fraction of sp³-hybridized carbons (Fsp3) is 0.100. The summed E-state index contributed by atoms with van der Waals surface area (Å²) in [4.78, 5) is 13.4. The standard InChI is InChI=1S/C10H8N2O4/c1-5-2-3-7-6(4-5)9(13)8(12(15)16)10(14)11-7/h2-4H,1H3,(H2,11,13,14). The summed E-state index contributed by atoms with van der Waals surface area (Å²) >= 11 is 0. The van der Waals surface area contributed by atoms with Crippen LogP contribution in [-0.4, -0.2) is 20.1 Å². The van der Waals surface area contributed by atoms with E-state index < -0.39 is 22.2 Å². The normalized spacial score (nSPS) is 10.6. The molecule has 1 aromatic carbocycles. The molecule has 0 aliphatic heterocycles. The Morgan fingerprint density at radius 3 is 2.69 bits per heavy atom. The lowest BCUT2D eigenvalue weighted by molar-refractivity contribution is -0.387. The molecule has 6 heteroatoms. The zero-order valence-corrected chi connectivity index (χ0v) is 8.34. The van der Waals surface area contributed by atoms with E-state index in [9.17, 15) is 20.3 Å². The van der Waals surface area contributed by atoms with Crippen LogP contribution in [0.25, 0.3) is 10.9 Å². The minimum absolute atomic E-state index is 0.254. The summed E-state index contributed by atoms with van der Waals surface area (Å²) in [6.07, 6.45) is 0. The molecule has 0 bridgehead atoms. The third-order valence-corrected chi connectivity index (χ3v) is 2.25. The van der Waals surface area contributed by atoms with Gasteiger partial charge >= 0.3 is 5.69 Å². The maximum Gasteiger partial charge on any atom is 0.372 e. The van der Waals surface area contributed by atoms with Crippen LogP contribution in [0.4, 0.5) is 5.69 Å². The topological polar surface area (TPSA) is 96.5 Å². The molecule has 1 heterocycles. The third kappa shape index (κ3) is 1.40. The van der Waals surface area contributed by atoms with E-state index in [1.165, 1.54) is 0 Å². The maximum atomic E-state index is 10.6. The molecule has 0 saturated carbocycles. The maximum absolute atomic E-state index is 10.6. The van der Waals surface area contributed by atoms with Gasteiger partial charge in [-0.05, 0) is 19.1 Å². The van der Waals surface area contributed by atoms with Crippen LogP contribution in [0.15, 0.2) is 18.2 Å². The van der Waals surface area contributed by atoms with E-state index in [0.29, 0.717) is 5.52 Å². The first kappa shape index (κ1) is 10.2. The summed E-state index contributed by atoms with van der Waals surface area (Å²) in [5, 5.41) is 29.9. The predicted octanol–water partition coefficient (Wildman–Crippen LogP) is 1.86. The lowest BCUT2D eigenvalue weighted by atomic mass is 10.1. The highest BCUT2D eigenvalue weighted by molar-refractivity contribution is 5.90. The molecule has 0 radical (unpaired) electrons. The second kappa shape index (κ2) is 3.34. The zero-order valence-electron chi connectivity index (χ0n) is 8.34. The van der Waals surface area contributed by atoms with E-state index in [1.807, 2.05) is 0 Å². The molecule has 1 aromatic heterocycles. The molecule has 0 aliphatic rings. The Kier molecular flexibility index (Phi) is 2.12. The first-order valence-corrected chi connectivity index (χ1v) is 4.47. The van der Waals surface area contributed by atoms with Crippen molar-refractivity contribution in [3.8, 4) is 11.6 Å². The van der Waals surface area contributed by atoms with Crippen LogP contribution in [0, 0.1) is 17.0 Å². The molecule has 2 N–H and O–H groups in total. The molecule has 2 rings (SSSR count). The first-order valence-electron chi connectivity index (χ1n) is 4.47. The van der Waals surface area contributed by atoms with E-state index in [2.05, 4.69) is 4.98 Å². The van der Waals surface area contributed by atoms with Crippen LogP contribution in [0.2, 0.25) is 0 Å². The summed E-state index contributed by atoms with van der Waals surface area (Å²) in [5.74, 6) is -1.34. The number of pyridine rings is 1. The first-order chi connectivity index (χ1) is 7.50. The van der Waals surface area contributed by atoms with E-state index in [0.717, 1.165) is 5.56 Å². The van der Waals surface area contributed by atoms with Crippen LogP contribution in [0.5, 0.6) is 11.6 Å². The van der Waals surface area contributed by atoms with Gasteiger partial charge in [0.05, 0.1) is 10.4 Å². The van der Waals surface area contributed by atoms with E-state index in [-0.39, 0.29) is 5.39 Å². The minimum Gasteiger partial charge on any atom is -0.501 e. The fourth-order valence-electron chi connectivity index (χ4n) is 1.51. The molecule has 0 atom stereocenters. The molecule has 0 unspecified atom stereocenters. The average molecular weight is 220 g/mol. The van der Waals surface area contributed by atoms with Gasteiger partial charge in [-0.1, -0.05) is 11.6 Å². The number of fused-ring (bicyclic) bond motifs is 1. The third-order valence-electron chi connectivity index (χ3n) is 2.25. The van der Waals surface area contributed by atoms with Crippen molar-refractivity contribution in [2.75, 3.05) is 0 Å². The molecular weight excluding hydrogens is 212 g/mol. The smallest absolute Gasteiger partial charge is 0.372 e. The van der Waals surface area contributed by atoms with E-state index in [1.54, 1.807) is 25.1 Å². The van der Waals surface area contributed by atoms with Crippen molar-refractivity contribution >= 4 is 16.6 Å². The minimum atomic E-state index is -0.862. The molecule has 0 spiro atoms. The Balaban J connectivity index is 2.90. The van der Waals surface area contributed by atoms with Crippen LogP contribution in [0.3, 0.4) is 0 Å². The van der Waals surface area contributed by atoms with Gasteiger partial charge in [-0.3, -0.25) is 10.1 Å². The lowest BCUT2D eigenvalue weighted by Gasteiger charge is -2.03. The zero-order chi connectivity index (χ0) is 11.9. The van der Waals surface area contributed by atoms with Gasteiger partial charge < -0.3 is 10.2 Å².